The number of hydrogen-bond donors (Lipinski definition) is 1. The van der Waals surface area contributed by atoms with Crippen LogP contribution in [0.1, 0.15) is 38.7 Å². The number of amides is 1. The van der Waals surface area contributed by atoms with Crippen LogP contribution in [0.3, 0.4) is 0 Å². The van der Waals surface area contributed by atoms with E-state index in [9.17, 15) is 4.79 Å². The van der Waals surface area contributed by atoms with Gasteiger partial charge in [0.25, 0.3) is 0 Å². The second-order valence-electron chi connectivity index (χ2n) is 7.76. The number of ether oxygens (including phenoxy) is 1. The maximum absolute atomic E-state index is 12.9. The highest BCUT2D eigenvalue weighted by Gasteiger charge is 2.27. The second-order valence-corrected chi connectivity index (χ2v) is 7.76. The van der Waals surface area contributed by atoms with Gasteiger partial charge in [-0.25, -0.2) is 0 Å². The van der Waals surface area contributed by atoms with E-state index in [0.717, 1.165) is 49.7 Å². The molecule has 1 heterocycles. The zero-order chi connectivity index (χ0) is 20.8. The van der Waals surface area contributed by atoms with Crippen LogP contribution < -0.4 is 15.0 Å². The van der Waals surface area contributed by atoms with E-state index >= 15 is 0 Å². The number of para-hydroxylation sites is 3. The highest BCUT2D eigenvalue weighted by atomic mass is 16.5. The molecule has 1 aliphatic heterocycles. The standard InChI is InChI=1S/C24H33N3O2/c1-5-18(2)20-10-6-7-11-21(20)25-24(28)19(3)26-14-16-27(17-15-26)22-12-8-9-13-23(22)29-4/h6-13,18-19H,5,14-17H2,1-4H3,(H,25,28)/t18-,19+/m1/s1. The molecule has 2 atom stereocenters. The number of piperazine rings is 1. The molecule has 0 saturated carbocycles. The van der Waals surface area contributed by atoms with Crippen LogP contribution in [0.2, 0.25) is 0 Å². The summed E-state index contributed by atoms with van der Waals surface area (Å²) < 4.78 is 5.50. The number of rotatable bonds is 7. The molecule has 3 rings (SSSR count). The minimum atomic E-state index is -0.167. The Morgan fingerprint density at radius 1 is 1.03 bits per heavy atom. The van der Waals surface area contributed by atoms with Crippen LogP contribution in [0.25, 0.3) is 0 Å². The normalized spacial score (nSPS) is 16.9. The molecule has 0 aromatic heterocycles. The zero-order valence-corrected chi connectivity index (χ0v) is 18.0. The van der Waals surface area contributed by atoms with Gasteiger partial charge in [0, 0.05) is 31.9 Å². The van der Waals surface area contributed by atoms with Crippen molar-refractivity contribution >= 4 is 17.3 Å². The SMILES string of the molecule is CC[C@@H](C)c1ccccc1NC(=O)[C@H](C)N1CCN(c2ccccc2OC)CC1. The van der Waals surface area contributed by atoms with Crippen molar-refractivity contribution in [1.82, 2.24) is 4.90 Å². The van der Waals surface area contributed by atoms with Crippen molar-refractivity contribution in [1.29, 1.82) is 0 Å². The van der Waals surface area contributed by atoms with Crippen LogP contribution in [0.4, 0.5) is 11.4 Å². The molecular weight excluding hydrogens is 362 g/mol. The average Bonchev–Trinajstić information content (AvgIpc) is 2.78. The molecule has 5 heteroatoms. The van der Waals surface area contributed by atoms with Crippen LogP contribution in [0.5, 0.6) is 5.75 Å². The number of carbonyl (C=O) groups excluding carboxylic acids is 1. The lowest BCUT2D eigenvalue weighted by Gasteiger charge is -2.39. The van der Waals surface area contributed by atoms with Crippen molar-refractivity contribution in [2.45, 2.75) is 39.2 Å². The fourth-order valence-corrected chi connectivity index (χ4v) is 3.90. The van der Waals surface area contributed by atoms with Crippen molar-refractivity contribution in [3.05, 3.63) is 54.1 Å². The number of hydrogen-bond acceptors (Lipinski definition) is 4. The fraction of sp³-hybridized carbons (Fsp3) is 0.458. The van der Waals surface area contributed by atoms with Crippen LogP contribution in [0, 0.1) is 0 Å². The minimum absolute atomic E-state index is 0.0616. The smallest absolute Gasteiger partial charge is 0.241 e. The molecule has 1 fully saturated rings. The van der Waals surface area contributed by atoms with Gasteiger partial charge in [-0.05, 0) is 43.0 Å². The molecule has 0 aliphatic carbocycles. The number of nitrogens with zero attached hydrogens (tertiary/aromatic N) is 2. The Bertz CT molecular complexity index is 815. The van der Waals surface area contributed by atoms with Crippen LogP contribution in [-0.2, 0) is 4.79 Å². The molecule has 5 nitrogen and oxygen atoms in total. The Hall–Kier alpha value is -2.53. The summed E-state index contributed by atoms with van der Waals surface area (Å²) in [5, 5.41) is 3.17. The van der Waals surface area contributed by atoms with E-state index < -0.39 is 0 Å². The largest absolute Gasteiger partial charge is 0.495 e. The lowest BCUT2D eigenvalue weighted by Crippen LogP contribution is -2.53. The molecule has 2 aromatic carbocycles. The van der Waals surface area contributed by atoms with E-state index in [1.54, 1.807) is 7.11 Å². The Balaban J connectivity index is 1.61. The lowest BCUT2D eigenvalue weighted by molar-refractivity contribution is -0.120. The molecule has 1 N–H and O–H groups in total. The Morgan fingerprint density at radius 2 is 1.69 bits per heavy atom. The van der Waals surface area contributed by atoms with Crippen molar-refractivity contribution in [2.24, 2.45) is 0 Å². The number of nitrogens with one attached hydrogen (secondary N) is 1. The van der Waals surface area contributed by atoms with E-state index in [1.807, 2.05) is 43.3 Å². The van der Waals surface area contributed by atoms with Gasteiger partial charge < -0.3 is 15.0 Å². The summed E-state index contributed by atoms with van der Waals surface area (Å²) in [6.45, 7) is 9.82. The maximum Gasteiger partial charge on any atom is 0.241 e. The molecule has 1 aliphatic rings. The first-order valence-corrected chi connectivity index (χ1v) is 10.6. The van der Waals surface area contributed by atoms with E-state index in [4.69, 9.17) is 4.74 Å². The van der Waals surface area contributed by atoms with E-state index in [0.29, 0.717) is 5.92 Å². The number of methoxy groups -OCH3 is 1. The molecular formula is C24H33N3O2. The maximum atomic E-state index is 12.9. The first kappa shape index (κ1) is 21.2. The summed E-state index contributed by atoms with van der Waals surface area (Å²) in [6.07, 6.45) is 1.05. The number of carbonyl (C=O) groups is 1. The molecule has 1 amide bonds. The summed E-state index contributed by atoms with van der Waals surface area (Å²) in [6, 6.07) is 16.1. The van der Waals surface area contributed by atoms with Gasteiger partial charge >= 0.3 is 0 Å². The minimum Gasteiger partial charge on any atom is -0.495 e. The zero-order valence-electron chi connectivity index (χ0n) is 18.0. The molecule has 0 unspecified atom stereocenters. The van der Waals surface area contributed by atoms with Crippen molar-refractivity contribution < 1.29 is 9.53 Å². The highest BCUT2D eigenvalue weighted by molar-refractivity contribution is 5.95. The predicted molar refractivity (Wildman–Crippen MR) is 120 cm³/mol. The number of anilines is 2. The summed E-state index contributed by atoms with van der Waals surface area (Å²) in [4.78, 5) is 17.5. The third kappa shape index (κ3) is 4.91. The van der Waals surface area contributed by atoms with Crippen molar-refractivity contribution in [2.75, 3.05) is 43.5 Å². The quantitative estimate of drug-likeness (QED) is 0.757. The van der Waals surface area contributed by atoms with Gasteiger partial charge in [0.1, 0.15) is 5.75 Å². The Kier molecular flexibility index (Phi) is 7.15. The van der Waals surface area contributed by atoms with Crippen LogP contribution >= 0.6 is 0 Å². The average molecular weight is 396 g/mol. The second kappa shape index (κ2) is 9.79. The summed E-state index contributed by atoms with van der Waals surface area (Å²) in [5.41, 5.74) is 3.26. The van der Waals surface area contributed by atoms with E-state index in [-0.39, 0.29) is 11.9 Å². The summed E-state index contributed by atoms with van der Waals surface area (Å²) in [5.74, 6) is 1.38. The lowest BCUT2D eigenvalue weighted by atomic mass is 9.97. The highest BCUT2D eigenvalue weighted by Crippen LogP contribution is 2.29. The van der Waals surface area contributed by atoms with Gasteiger partial charge in [-0.15, -0.1) is 0 Å². The van der Waals surface area contributed by atoms with Gasteiger partial charge in [-0.3, -0.25) is 9.69 Å². The molecule has 0 spiro atoms. The van der Waals surface area contributed by atoms with Crippen molar-refractivity contribution in [3.63, 3.8) is 0 Å². The molecule has 156 valence electrons. The molecule has 0 radical (unpaired) electrons. The third-order valence-electron chi connectivity index (χ3n) is 6.03. The molecule has 0 bridgehead atoms. The van der Waals surface area contributed by atoms with Gasteiger partial charge in [-0.2, -0.15) is 0 Å². The Labute approximate surface area is 174 Å². The van der Waals surface area contributed by atoms with Crippen LogP contribution in [0.15, 0.2) is 48.5 Å². The van der Waals surface area contributed by atoms with Gasteiger partial charge in [0.2, 0.25) is 5.91 Å². The van der Waals surface area contributed by atoms with E-state index in [2.05, 4.69) is 41.1 Å². The fourth-order valence-electron chi connectivity index (χ4n) is 3.90. The summed E-state index contributed by atoms with van der Waals surface area (Å²) >= 11 is 0. The molecule has 29 heavy (non-hydrogen) atoms. The summed E-state index contributed by atoms with van der Waals surface area (Å²) in [7, 11) is 1.71. The predicted octanol–water partition coefficient (Wildman–Crippen LogP) is 4.36. The number of benzene rings is 2. The third-order valence-corrected chi connectivity index (χ3v) is 6.03. The molecule has 2 aromatic rings. The molecule has 1 saturated heterocycles. The first-order chi connectivity index (χ1) is 14.0. The first-order valence-electron chi connectivity index (χ1n) is 10.6. The van der Waals surface area contributed by atoms with E-state index in [1.165, 1.54) is 5.56 Å². The van der Waals surface area contributed by atoms with Crippen LogP contribution in [-0.4, -0.2) is 50.1 Å². The van der Waals surface area contributed by atoms with Gasteiger partial charge in [0.05, 0.1) is 18.8 Å². The van der Waals surface area contributed by atoms with Gasteiger partial charge in [0.15, 0.2) is 0 Å². The Morgan fingerprint density at radius 3 is 2.38 bits per heavy atom. The topological polar surface area (TPSA) is 44.8 Å². The monoisotopic (exact) mass is 395 g/mol. The van der Waals surface area contributed by atoms with Crippen molar-refractivity contribution in [3.8, 4) is 5.75 Å². The van der Waals surface area contributed by atoms with Gasteiger partial charge in [-0.1, -0.05) is 44.2 Å².